The van der Waals surface area contributed by atoms with Crippen molar-refractivity contribution in [3.8, 4) is 11.5 Å². The molecule has 0 radical (unpaired) electrons. The Kier molecular flexibility index (Phi) is 5.23. The quantitative estimate of drug-likeness (QED) is 0.881. The maximum Gasteiger partial charge on any atom is 0.122 e. The molecule has 0 heterocycles. The number of rotatable bonds is 6. The highest BCUT2D eigenvalue weighted by Crippen LogP contribution is 2.27. The summed E-state index contributed by atoms with van der Waals surface area (Å²) in [6.07, 6.45) is 1.85. The minimum atomic E-state index is -0.0329. The topological polar surface area (TPSA) is 44.5 Å². The van der Waals surface area contributed by atoms with Crippen molar-refractivity contribution in [1.82, 2.24) is 0 Å². The number of hydrogen-bond acceptors (Lipinski definition) is 3. The summed E-state index contributed by atoms with van der Waals surface area (Å²) in [5.74, 6) is 1.55. The Balaban J connectivity index is 2.07. The van der Waals surface area contributed by atoms with Crippen LogP contribution in [0.25, 0.3) is 0 Å². The molecule has 2 aromatic rings. The SMILES string of the molecule is COc1cc(OC)cc(C(N)CCc2cccc(C)c2)c1. The number of hydrogen-bond donors (Lipinski definition) is 1. The molecule has 0 saturated carbocycles. The summed E-state index contributed by atoms with van der Waals surface area (Å²) in [5, 5.41) is 0. The molecule has 0 aliphatic rings. The van der Waals surface area contributed by atoms with E-state index < -0.39 is 0 Å². The lowest BCUT2D eigenvalue weighted by Crippen LogP contribution is -2.11. The number of nitrogens with two attached hydrogens (primary N) is 1. The zero-order valence-electron chi connectivity index (χ0n) is 12.9. The van der Waals surface area contributed by atoms with E-state index in [2.05, 4.69) is 31.2 Å². The first kappa shape index (κ1) is 15.4. The molecule has 0 spiro atoms. The second kappa shape index (κ2) is 7.14. The van der Waals surface area contributed by atoms with Crippen LogP contribution in [0.3, 0.4) is 0 Å². The van der Waals surface area contributed by atoms with Crippen LogP contribution >= 0.6 is 0 Å². The lowest BCUT2D eigenvalue weighted by Gasteiger charge is -2.15. The molecule has 0 amide bonds. The van der Waals surface area contributed by atoms with Gasteiger partial charge in [0, 0.05) is 12.1 Å². The first-order valence-corrected chi connectivity index (χ1v) is 7.16. The molecule has 2 rings (SSSR count). The second-order valence-electron chi connectivity index (χ2n) is 5.28. The van der Waals surface area contributed by atoms with Gasteiger partial charge in [-0.3, -0.25) is 0 Å². The Morgan fingerprint density at radius 3 is 2.24 bits per heavy atom. The fourth-order valence-electron chi connectivity index (χ4n) is 2.40. The molecule has 0 aliphatic carbocycles. The van der Waals surface area contributed by atoms with Gasteiger partial charge in [-0.25, -0.2) is 0 Å². The molecular formula is C18H23NO2. The van der Waals surface area contributed by atoms with Gasteiger partial charge in [-0.1, -0.05) is 29.8 Å². The second-order valence-corrected chi connectivity index (χ2v) is 5.28. The van der Waals surface area contributed by atoms with Crippen LogP contribution in [0, 0.1) is 6.92 Å². The van der Waals surface area contributed by atoms with Crippen LogP contribution in [0.15, 0.2) is 42.5 Å². The van der Waals surface area contributed by atoms with Gasteiger partial charge in [0.05, 0.1) is 14.2 Å². The zero-order valence-corrected chi connectivity index (χ0v) is 12.9. The fourth-order valence-corrected chi connectivity index (χ4v) is 2.40. The Bertz CT molecular complexity index is 573. The third-order valence-corrected chi connectivity index (χ3v) is 3.63. The lowest BCUT2D eigenvalue weighted by molar-refractivity contribution is 0.392. The van der Waals surface area contributed by atoms with E-state index in [-0.39, 0.29) is 6.04 Å². The van der Waals surface area contributed by atoms with Crippen molar-refractivity contribution in [3.05, 3.63) is 59.2 Å². The lowest BCUT2D eigenvalue weighted by atomic mass is 9.98. The molecule has 1 unspecified atom stereocenters. The van der Waals surface area contributed by atoms with E-state index in [4.69, 9.17) is 15.2 Å². The van der Waals surface area contributed by atoms with Crippen LogP contribution in [-0.4, -0.2) is 14.2 Å². The maximum absolute atomic E-state index is 6.32. The normalized spacial score (nSPS) is 12.0. The predicted molar refractivity (Wildman–Crippen MR) is 86.0 cm³/mol. The average molecular weight is 285 g/mol. The summed E-state index contributed by atoms with van der Waals surface area (Å²) < 4.78 is 10.6. The van der Waals surface area contributed by atoms with Gasteiger partial charge in [0.25, 0.3) is 0 Å². The Morgan fingerprint density at radius 1 is 1.00 bits per heavy atom. The van der Waals surface area contributed by atoms with Crippen LogP contribution in [0.5, 0.6) is 11.5 Å². The first-order valence-electron chi connectivity index (χ1n) is 7.16. The Morgan fingerprint density at radius 2 is 1.67 bits per heavy atom. The van der Waals surface area contributed by atoms with Crippen LogP contribution < -0.4 is 15.2 Å². The highest BCUT2D eigenvalue weighted by molar-refractivity contribution is 5.39. The monoisotopic (exact) mass is 285 g/mol. The molecular weight excluding hydrogens is 262 g/mol. The first-order chi connectivity index (χ1) is 10.1. The standard InChI is InChI=1S/C18H23NO2/c1-13-5-4-6-14(9-13)7-8-18(19)15-10-16(20-2)12-17(11-15)21-3/h4-6,9-12,18H,7-8,19H2,1-3H3. The Hall–Kier alpha value is -2.00. The van der Waals surface area contributed by atoms with Gasteiger partial charge < -0.3 is 15.2 Å². The molecule has 3 nitrogen and oxygen atoms in total. The van der Waals surface area contributed by atoms with Gasteiger partial charge in [0.1, 0.15) is 11.5 Å². The summed E-state index contributed by atoms with van der Waals surface area (Å²) in [6, 6.07) is 14.3. The van der Waals surface area contributed by atoms with Crippen molar-refractivity contribution in [1.29, 1.82) is 0 Å². The zero-order chi connectivity index (χ0) is 15.2. The highest BCUT2D eigenvalue weighted by atomic mass is 16.5. The predicted octanol–water partition coefficient (Wildman–Crippen LogP) is 3.64. The van der Waals surface area contributed by atoms with Crippen molar-refractivity contribution in [3.63, 3.8) is 0 Å². The summed E-state index contributed by atoms with van der Waals surface area (Å²) in [6.45, 7) is 2.11. The van der Waals surface area contributed by atoms with E-state index in [1.807, 2.05) is 18.2 Å². The van der Waals surface area contributed by atoms with E-state index in [9.17, 15) is 0 Å². The molecule has 3 heteroatoms. The summed E-state index contributed by atoms with van der Waals surface area (Å²) >= 11 is 0. The summed E-state index contributed by atoms with van der Waals surface area (Å²) in [4.78, 5) is 0. The molecule has 2 aromatic carbocycles. The van der Waals surface area contributed by atoms with Crippen molar-refractivity contribution < 1.29 is 9.47 Å². The minimum Gasteiger partial charge on any atom is -0.497 e. The van der Waals surface area contributed by atoms with Crippen molar-refractivity contribution in [2.45, 2.75) is 25.8 Å². The van der Waals surface area contributed by atoms with Gasteiger partial charge in [-0.2, -0.15) is 0 Å². The van der Waals surface area contributed by atoms with E-state index in [0.29, 0.717) is 0 Å². The summed E-state index contributed by atoms with van der Waals surface area (Å²) in [7, 11) is 3.30. The smallest absolute Gasteiger partial charge is 0.122 e. The molecule has 112 valence electrons. The number of methoxy groups -OCH3 is 2. The van der Waals surface area contributed by atoms with Crippen LogP contribution in [0.1, 0.15) is 29.2 Å². The number of ether oxygens (including phenoxy) is 2. The summed E-state index contributed by atoms with van der Waals surface area (Å²) in [5.41, 5.74) is 9.96. The molecule has 0 aromatic heterocycles. The molecule has 0 fully saturated rings. The largest absolute Gasteiger partial charge is 0.497 e. The van der Waals surface area contributed by atoms with E-state index in [0.717, 1.165) is 29.9 Å². The van der Waals surface area contributed by atoms with E-state index in [1.165, 1.54) is 11.1 Å². The van der Waals surface area contributed by atoms with Gasteiger partial charge in [-0.05, 0) is 43.0 Å². The minimum absolute atomic E-state index is 0.0329. The third kappa shape index (κ3) is 4.23. The van der Waals surface area contributed by atoms with E-state index >= 15 is 0 Å². The van der Waals surface area contributed by atoms with Gasteiger partial charge >= 0.3 is 0 Å². The van der Waals surface area contributed by atoms with Gasteiger partial charge in [0.2, 0.25) is 0 Å². The maximum atomic E-state index is 6.32. The highest BCUT2D eigenvalue weighted by Gasteiger charge is 2.10. The van der Waals surface area contributed by atoms with Gasteiger partial charge in [0.15, 0.2) is 0 Å². The van der Waals surface area contributed by atoms with Crippen LogP contribution in [0.2, 0.25) is 0 Å². The van der Waals surface area contributed by atoms with E-state index in [1.54, 1.807) is 14.2 Å². The molecule has 21 heavy (non-hydrogen) atoms. The third-order valence-electron chi connectivity index (χ3n) is 3.63. The van der Waals surface area contributed by atoms with Gasteiger partial charge in [-0.15, -0.1) is 0 Å². The number of benzene rings is 2. The molecule has 0 saturated heterocycles. The number of aryl methyl sites for hydroxylation is 2. The van der Waals surface area contributed by atoms with Crippen molar-refractivity contribution in [2.24, 2.45) is 5.73 Å². The van der Waals surface area contributed by atoms with Crippen molar-refractivity contribution >= 4 is 0 Å². The van der Waals surface area contributed by atoms with Crippen molar-refractivity contribution in [2.75, 3.05) is 14.2 Å². The molecule has 0 bridgehead atoms. The average Bonchev–Trinajstić information content (AvgIpc) is 2.52. The molecule has 2 N–H and O–H groups in total. The van der Waals surface area contributed by atoms with Crippen LogP contribution in [-0.2, 0) is 6.42 Å². The van der Waals surface area contributed by atoms with Crippen LogP contribution in [0.4, 0.5) is 0 Å². The molecule has 0 aliphatic heterocycles. The molecule has 1 atom stereocenters. The Labute approximate surface area is 126 Å². The fraction of sp³-hybridized carbons (Fsp3) is 0.333.